The lowest BCUT2D eigenvalue weighted by atomic mass is 10.0. The van der Waals surface area contributed by atoms with Crippen LogP contribution < -0.4 is 5.73 Å². The Kier molecular flexibility index (Phi) is 5.59. The SMILES string of the molecule is [NH3+]C[C@H](O)[C@@H](O)[C@@H](O)[C@H](O)CS(=O)(=O)[O-]. The molecule has 0 aromatic heterocycles. The Morgan fingerprint density at radius 1 is 1.07 bits per heavy atom. The van der Waals surface area contributed by atoms with Crippen molar-refractivity contribution in [3.63, 3.8) is 0 Å². The van der Waals surface area contributed by atoms with Crippen molar-refractivity contribution in [3.05, 3.63) is 0 Å². The van der Waals surface area contributed by atoms with Crippen LogP contribution in [0.2, 0.25) is 0 Å². The third-order valence-corrected chi connectivity index (χ3v) is 2.56. The van der Waals surface area contributed by atoms with Gasteiger partial charge in [0, 0.05) is 0 Å². The zero-order chi connectivity index (χ0) is 12.2. The molecule has 15 heavy (non-hydrogen) atoms. The summed E-state index contributed by atoms with van der Waals surface area (Å²) in [5, 5.41) is 36.4. The molecule has 0 aliphatic rings. The standard InChI is InChI=1S/C6H15NO7S/c7-1-3(8)5(10)6(11)4(9)2-15(12,13)14/h3-6,8-11H,1-2,7H2,(H,12,13,14)/t3-,4+,5+,6-/m0/s1. The second kappa shape index (κ2) is 5.70. The van der Waals surface area contributed by atoms with Crippen molar-refractivity contribution < 1.29 is 39.1 Å². The molecule has 0 radical (unpaired) electrons. The summed E-state index contributed by atoms with van der Waals surface area (Å²) in [5.74, 6) is -1.23. The maximum Gasteiger partial charge on any atom is 0.131 e. The van der Waals surface area contributed by atoms with Crippen LogP contribution in [-0.4, -0.2) is 70.1 Å². The lowest BCUT2D eigenvalue weighted by Gasteiger charge is -2.25. The Morgan fingerprint density at radius 3 is 1.80 bits per heavy atom. The molecule has 9 heteroatoms. The molecule has 0 aromatic rings. The van der Waals surface area contributed by atoms with Gasteiger partial charge in [0.25, 0.3) is 0 Å². The van der Waals surface area contributed by atoms with E-state index in [1.165, 1.54) is 0 Å². The average Bonchev–Trinajstić information content (AvgIpc) is 2.11. The molecular formula is C6H15NO7S. The maximum absolute atomic E-state index is 10.2. The van der Waals surface area contributed by atoms with Crippen LogP contribution in [-0.2, 0) is 10.1 Å². The minimum Gasteiger partial charge on any atom is -0.748 e. The molecule has 0 aliphatic heterocycles. The van der Waals surface area contributed by atoms with Crippen LogP contribution in [0.3, 0.4) is 0 Å². The first kappa shape index (κ1) is 14.7. The van der Waals surface area contributed by atoms with E-state index >= 15 is 0 Å². The fourth-order valence-electron chi connectivity index (χ4n) is 0.934. The summed E-state index contributed by atoms with van der Waals surface area (Å²) < 4.78 is 30.7. The Balaban J connectivity index is 4.37. The largest absolute Gasteiger partial charge is 0.748 e. The van der Waals surface area contributed by atoms with Gasteiger partial charge in [-0.05, 0) is 0 Å². The highest BCUT2D eigenvalue weighted by Crippen LogP contribution is 2.06. The fraction of sp³-hybridized carbons (Fsp3) is 1.00. The molecule has 0 aromatic carbocycles. The fourth-order valence-corrected chi connectivity index (χ4v) is 1.55. The van der Waals surface area contributed by atoms with Gasteiger partial charge in [0.05, 0.1) is 22.0 Å². The minimum atomic E-state index is -4.70. The highest BCUT2D eigenvalue weighted by atomic mass is 32.2. The van der Waals surface area contributed by atoms with Crippen molar-refractivity contribution in [2.75, 3.05) is 12.3 Å². The second-order valence-corrected chi connectivity index (χ2v) is 4.58. The van der Waals surface area contributed by atoms with E-state index < -0.39 is 40.3 Å². The maximum atomic E-state index is 10.2. The van der Waals surface area contributed by atoms with Crippen LogP contribution in [0.1, 0.15) is 0 Å². The first-order valence-corrected chi connectivity index (χ1v) is 5.72. The topological polar surface area (TPSA) is 166 Å². The Bertz CT molecular complexity index is 279. The Labute approximate surface area is 86.7 Å². The van der Waals surface area contributed by atoms with Crippen LogP contribution >= 0.6 is 0 Å². The molecule has 0 rings (SSSR count). The zero-order valence-corrected chi connectivity index (χ0v) is 8.67. The van der Waals surface area contributed by atoms with Crippen molar-refractivity contribution in [2.24, 2.45) is 0 Å². The van der Waals surface area contributed by atoms with Gasteiger partial charge in [0.1, 0.15) is 24.9 Å². The molecule has 0 spiro atoms. The van der Waals surface area contributed by atoms with Crippen molar-refractivity contribution in [3.8, 4) is 0 Å². The molecule has 8 nitrogen and oxygen atoms in total. The van der Waals surface area contributed by atoms with Gasteiger partial charge in [0.15, 0.2) is 0 Å². The molecule has 0 amide bonds. The first-order chi connectivity index (χ1) is 6.69. The van der Waals surface area contributed by atoms with Gasteiger partial charge in [-0.3, -0.25) is 0 Å². The summed E-state index contributed by atoms with van der Waals surface area (Å²) in [5.41, 5.74) is 3.24. The lowest BCUT2D eigenvalue weighted by molar-refractivity contribution is -0.390. The number of hydrogen-bond acceptors (Lipinski definition) is 7. The van der Waals surface area contributed by atoms with Gasteiger partial charge in [0.2, 0.25) is 0 Å². The summed E-state index contributed by atoms with van der Waals surface area (Å²) in [7, 11) is -4.70. The molecule has 0 bridgehead atoms. The van der Waals surface area contributed by atoms with Crippen molar-refractivity contribution in [1.29, 1.82) is 0 Å². The summed E-state index contributed by atoms with van der Waals surface area (Å²) in [4.78, 5) is 0. The van der Waals surface area contributed by atoms with Crippen LogP contribution in [0.4, 0.5) is 0 Å². The van der Waals surface area contributed by atoms with E-state index in [2.05, 4.69) is 5.73 Å². The number of rotatable bonds is 6. The van der Waals surface area contributed by atoms with E-state index in [4.69, 9.17) is 20.4 Å². The molecular weight excluding hydrogens is 230 g/mol. The lowest BCUT2D eigenvalue weighted by Crippen LogP contribution is -2.61. The second-order valence-electron chi connectivity index (χ2n) is 3.13. The molecule has 0 aliphatic carbocycles. The molecule has 0 heterocycles. The molecule has 0 fully saturated rings. The monoisotopic (exact) mass is 245 g/mol. The number of quaternary nitrogens is 1. The summed E-state index contributed by atoms with van der Waals surface area (Å²) in [6.07, 6.45) is -7.00. The Morgan fingerprint density at radius 2 is 1.47 bits per heavy atom. The van der Waals surface area contributed by atoms with Crippen LogP contribution in [0, 0.1) is 0 Å². The van der Waals surface area contributed by atoms with E-state index in [0.717, 1.165) is 0 Å². The molecule has 0 saturated carbocycles. The van der Waals surface area contributed by atoms with Gasteiger partial charge in [-0.1, -0.05) is 0 Å². The zero-order valence-electron chi connectivity index (χ0n) is 7.85. The predicted molar refractivity (Wildman–Crippen MR) is 46.3 cm³/mol. The molecule has 4 atom stereocenters. The summed E-state index contributed by atoms with van der Waals surface area (Å²) >= 11 is 0. The quantitative estimate of drug-likeness (QED) is 0.293. The van der Waals surface area contributed by atoms with Gasteiger partial charge < -0.3 is 30.7 Å². The first-order valence-electron chi connectivity index (χ1n) is 4.14. The summed E-state index contributed by atoms with van der Waals surface area (Å²) in [6, 6.07) is 0. The molecule has 7 N–H and O–H groups in total. The molecule has 92 valence electrons. The van der Waals surface area contributed by atoms with Crippen molar-refractivity contribution in [2.45, 2.75) is 24.4 Å². The highest BCUT2D eigenvalue weighted by molar-refractivity contribution is 7.85. The normalized spacial score (nSPS) is 20.7. The third-order valence-electron chi connectivity index (χ3n) is 1.81. The summed E-state index contributed by atoms with van der Waals surface area (Å²) in [6.45, 7) is -0.130. The predicted octanol–water partition coefficient (Wildman–Crippen LogP) is -4.78. The number of hydrogen-bond donors (Lipinski definition) is 5. The van der Waals surface area contributed by atoms with Gasteiger partial charge in [-0.25, -0.2) is 8.42 Å². The Hall–Kier alpha value is -0.290. The van der Waals surface area contributed by atoms with E-state index in [0.29, 0.717) is 0 Å². The van der Waals surface area contributed by atoms with E-state index in [1.54, 1.807) is 0 Å². The van der Waals surface area contributed by atoms with Crippen molar-refractivity contribution >= 4 is 10.1 Å². The van der Waals surface area contributed by atoms with Crippen LogP contribution in [0.15, 0.2) is 0 Å². The third kappa shape index (κ3) is 5.37. The van der Waals surface area contributed by atoms with Gasteiger partial charge in [-0.15, -0.1) is 0 Å². The van der Waals surface area contributed by atoms with Gasteiger partial charge >= 0.3 is 0 Å². The van der Waals surface area contributed by atoms with Crippen LogP contribution in [0.5, 0.6) is 0 Å². The number of aliphatic hydroxyl groups excluding tert-OH is 4. The van der Waals surface area contributed by atoms with E-state index in [9.17, 15) is 13.0 Å². The van der Waals surface area contributed by atoms with Crippen molar-refractivity contribution in [1.82, 2.24) is 0 Å². The van der Waals surface area contributed by atoms with E-state index in [1.807, 2.05) is 0 Å². The van der Waals surface area contributed by atoms with Gasteiger partial charge in [-0.2, -0.15) is 0 Å². The molecule has 0 unspecified atom stereocenters. The smallest absolute Gasteiger partial charge is 0.131 e. The average molecular weight is 245 g/mol. The molecule has 0 saturated heterocycles. The van der Waals surface area contributed by atoms with Crippen LogP contribution in [0.25, 0.3) is 0 Å². The highest BCUT2D eigenvalue weighted by Gasteiger charge is 2.31. The van der Waals surface area contributed by atoms with E-state index in [-0.39, 0.29) is 6.54 Å². The minimum absolute atomic E-state index is 0.130. The number of aliphatic hydroxyl groups is 4.